The van der Waals surface area contributed by atoms with Gasteiger partial charge in [0.05, 0.1) is 11.1 Å². The zero-order chi connectivity index (χ0) is 13.9. The summed E-state index contributed by atoms with van der Waals surface area (Å²) in [5.74, 6) is 0. The lowest BCUT2D eigenvalue weighted by Gasteiger charge is -2.46. The molecule has 0 amide bonds. The highest BCUT2D eigenvalue weighted by atomic mass is 35.5. The van der Waals surface area contributed by atoms with E-state index >= 15 is 0 Å². The van der Waals surface area contributed by atoms with Crippen LogP contribution in [0, 0.1) is 0 Å². The van der Waals surface area contributed by atoms with Gasteiger partial charge < -0.3 is 5.32 Å². The zero-order valence-corrected chi connectivity index (χ0v) is 13.8. The third-order valence-corrected chi connectivity index (χ3v) is 6.02. The predicted octanol–water partition coefficient (Wildman–Crippen LogP) is 4.32. The first-order valence-electron chi connectivity index (χ1n) is 7.34. The van der Waals surface area contributed by atoms with Crippen LogP contribution in [0.1, 0.15) is 50.4 Å². The van der Waals surface area contributed by atoms with Gasteiger partial charge in [0.2, 0.25) is 0 Å². The number of halogens is 1. The van der Waals surface area contributed by atoms with Crippen molar-refractivity contribution in [2.24, 2.45) is 0 Å². The van der Waals surface area contributed by atoms with Crippen LogP contribution in [0.3, 0.4) is 0 Å². The molecule has 1 aliphatic carbocycles. The lowest BCUT2D eigenvalue weighted by Crippen LogP contribution is -2.54. The molecule has 1 unspecified atom stereocenters. The third kappa shape index (κ3) is 2.71. The van der Waals surface area contributed by atoms with E-state index in [0.717, 1.165) is 18.1 Å². The van der Waals surface area contributed by atoms with Crippen LogP contribution in [0.25, 0.3) is 0 Å². The molecular formula is C15H25ClN2S. The minimum atomic E-state index is 0.243. The quantitative estimate of drug-likeness (QED) is 0.842. The van der Waals surface area contributed by atoms with Gasteiger partial charge in [-0.1, -0.05) is 38.3 Å². The Balaban J connectivity index is 2.39. The molecule has 1 fully saturated rings. The van der Waals surface area contributed by atoms with Gasteiger partial charge >= 0.3 is 0 Å². The summed E-state index contributed by atoms with van der Waals surface area (Å²) in [5, 5.41) is 6.58. The number of likely N-dealkylation sites (N-methyl/N-ethyl adjacent to an activating group) is 2. The molecule has 108 valence electrons. The van der Waals surface area contributed by atoms with Crippen LogP contribution in [0.5, 0.6) is 0 Å². The van der Waals surface area contributed by atoms with Gasteiger partial charge in [0.25, 0.3) is 0 Å². The Labute approximate surface area is 126 Å². The van der Waals surface area contributed by atoms with Crippen molar-refractivity contribution in [3.8, 4) is 0 Å². The molecule has 0 bridgehead atoms. The maximum atomic E-state index is 6.40. The predicted molar refractivity (Wildman–Crippen MR) is 85.2 cm³/mol. The first-order chi connectivity index (χ1) is 9.19. The number of rotatable bonds is 6. The Morgan fingerprint density at radius 3 is 2.42 bits per heavy atom. The minimum Gasteiger partial charge on any atom is -0.311 e. The summed E-state index contributed by atoms with van der Waals surface area (Å²) < 4.78 is 0. The van der Waals surface area contributed by atoms with Gasteiger partial charge in [-0.05, 0) is 44.4 Å². The van der Waals surface area contributed by atoms with E-state index in [1.807, 2.05) is 6.07 Å². The fourth-order valence-electron chi connectivity index (χ4n) is 3.78. The standard InChI is InChI=1S/C15H25ClN2S/c1-4-18(5-2)15(9-6-7-10-15)14(17-3)13-12(16)8-11-19-13/h8,11,14,17H,4-7,9-10H2,1-3H3. The molecule has 0 aliphatic heterocycles. The van der Waals surface area contributed by atoms with E-state index in [2.05, 4.69) is 36.5 Å². The van der Waals surface area contributed by atoms with Crippen LogP contribution in [-0.2, 0) is 0 Å². The number of hydrogen-bond donors (Lipinski definition) is 1. The molecule has 0 radical (unpaired) electrons. The molecule has 1 saturated carbocycles. The lowest BCUT2D eigenvalue weighted by atomic mass is 9.85. The van der Waals surface area contributed by atoms with Crippen LogP contribution >= 0.6 is 22.9 Å². The number of nitrogens with one attached hydrogen (secondary N) is 1. The summed E-state index contributed by atoms with van der Waals surface area (Å²) in [4.78, 5) is 3.94. The summed E-state index contributed by atoms with van der Waals surface area (Å²) in [7, 11) is 2.07. The molecule has 1 N–H and O–H groups in total. The highest BCUT2D eigenvalue weighted by molar-refractivity contribution is 7.10. The average Bonchev–Trinajstić information content (AvgIpc) is 3.04. The van der Waals surface area contributed by atoms with Crippen molar-refractivity contribution in [1.82, 2.24) is 10.2 Å². The minimum absolute atomic E-state index is 0.243. The van der Waals surface area contributed by atoms with E-state index in [9.17, 15) is 0 Å². The van der Waals surface area contributed by atoms with Gasteiger partial charge in [0.15, 0.2) is 0 Å². The molecule has 1 aromatic heterocycles. The van der Waals surface area contributed by atoms with Crippen LogP contribution in [0.2, 0.25) is 5.02 Å². The van der Waals surface area contributed by atoms with Gasteiger partial charge in [0, 0.05) is 10.4 Å². The lowest BCUT2D eigenvalue weighted by molar-refractivity contribution is 0.0668. The van der Waals surface area contributed by atoms with Gasteiger partial charge in [0.1, 0.15) is 0 Å². The Bertz CT molecular complexity index is 395. The monoisotopic (exact) mass is 300 g/mol. The summed E-state index contributed by atoms with van der Waals surface area (Å²) in [6.07, 6.45) is 5.21. The highest BCUT2D eigenvalue weighted by Crippen LogP contribution is 2.47. The normalized spacial score (nSPS) is 20.1. The fraction of sp³-hybridized carbons (Fsp3) is 0.733. The van der Waals surface area contributed by atoms with Crippen molar-refractivity contribution in [2.75, 3.05) is 20.1 Å². The maximum absolute atomic E-state index is 6.40. The second kappa shape index (κ2) is 6.57. The first-order valence-corrected chi connectivity index (χ1v) is 8.60. The maximum Gasteiger partial charge on any atom is 0.0614 e. The van der Waals surface area contributed by atoms with E-state index < -0.39 is 0 Å². The summed E-state index contributed by atoms with van der Waals surface area (Å²) in [5.41, 5.74) is 0.243. The Morgan fingerprint density at radius 1 is 1.37 bits per heavy atom. The van der Waals surface area contributed by atoms with Gasteiger partial charge in [-0.25, -0.2) is 0 Å². The van der Waals surface area contributed by atoms with Gasteiger partial charge in [-0.3, -0.25) is 4.90 Å². The Hall–Kier alpha value is -0.0900. The van der Waals surface area contributed by atoms with Crippen molar-refractivity contribution >= 4 is 22.9 Å². The van der Waals surface area contributed by atoms with Crippen LogP contribution in [0.4, 0.5) is 0 Å². The van der Waals surface area contributed by atoms with Crippen molar-refractivity contribution < 1.29 is 0 Å². The molecule has 1 atom stereocenters. The summed E-state index contributed by atoms with van der Waals surface area (Å²) in [6, 6.07) is 2.37. The molecular weight excluding hydrogens is 276 g/mol. The molecule has 4 heteroatoms. The van der Waals surface area contributed by atoms with Crippen molar-refractivity contribution in [2.45, 2.75) is 51.1 Å². The van der Waals surface area contributed by atoms with Crippen molar-refractivity contribution in [1.29, 1.82) is 0 Å². The zero-order valence-electron chi connectivity index (χ0n) is 12.2. The first kappa shape index (κ1) is 15.3. The highest BCUT2D eigenvalue weighted by Gasteiger charge is 2.45. The van der Waals surface area contributed by atoms with Crippen LogP contribution in [-0.4, -0.2) is 30.6 Å². The second-order valence-electron chi connectivity index (χ2n) is 5.34. The molecule has 2 nitrogen and oxygen atoms in total. The number of hydrogen-bond acceptors (Lipinski definition) is 3. The van der Waals surface area contributed by atoms with E-state index in [4.69, 9.17) is 11.6 Å². The summed E-state index contributed by atoms with van der Waals surface area (Å²) in [6.45, 7) is 6.76. The molecule has 19 heavy (non-hydrogen) atoms. The third-order valence-electron chi connectivity index (χ3n) is 4.60. The molecule has 1 heterocycles. The molecule has 1 aromatic rings. The molecule has 1 aliphatic rings. The molecule has 2 rings (SSSR count). The second-order valence-corrected chi connectivity index (χ2v) is 6.69. The number of thiophene rings is 1. The van der Waals surface area contributed by atoms with E-state index in [0.29, 0.717) is 6.04 Å². The van der Waals surface area contributed by atoms with E-state index in [1.54, 1.807) is 11.3 Å². The molecule has 0 saturated heterocycles. The van der Waals surface area contributed by atoms with Crippen molar-refractivity contribution in [3.05, 3.63) is 21.3 Å². The fourth-order valence-corrected chi connectivity index (χ4v) is 5.17. The Kier molecular flexibility index (Phi) is 5.29. The van der Waals surface area contributed by atoms with Crippen LogP contribution in [0.15, 0.2) is 11.4 Å². The van der Waals surface area contributed by atoms with Gasteiger partial charge in [-0.2, -0.15) is 0 Å². The molecule has 0 aromatic carbocycles. The number of nitrogens with zero attached hydrogens (tertiary/aromatic N) is 1. The average molecular weight is 301 g/mol. The van der Waals surface area contributed by atoms with Gasteiger partial charge in [-0.15, -0.1) is 11.3 Å². The molecule has 0 spiro atoms. The topological polar surface area (TPSA) is 15.3 Å². The van der Waals surface area contributed by atoms with Crippen molar-refractivity contribution in [3.63, 3.8) is 0 Å². The Morgan fingerprint density at radius 2 is 2.00 bits per heavy atom. The van der Waals surface area contributed by atoms with E-state index in [-0.39, 0.29) is 5.54 Å². The largest absolute Gasteiger partial charge is 0.311 e. The van der Waals surface area contributed by atoms with E-state index in [1.165, 1.54) is 30.6 Å². The SMILES string of the molecule is CCN(CC)C1(C(NC)c2sccc2Cl)CCCC1. The summed E-state index contributed by atoms with van der Waals surface area (Å²) >= 11 is 8.18. The smallest absolute Gasteiger partial charge is 0.0614 e. The van der Waals surface area contributed by atoms with Crippen LogP contribution < -0.4 is 5.32 Å².